The molecule has 3 rings (SSSR count). The Morgan fingerprint density at radius 1 is 1.00 bits per heavy atom. The molecule has 0 aliphatic rings. The minimum absolute atomic E-state index is 0.333. The van der Waals surface area contributed by atoms with Gasteiger partial charge in [-0.05, 0) is 42.5 Å². The van der Waals surface area contributed by atoms with Gasteiger partial charge in [-0.2, -0.15) is 0 Å². The van der Waals surface area contributed by atoms with Gasteiger partial charge in [0.05, 0.1) is 35.6 Å². The highest BCUT2D eigenvalue weighted by atomic mass is 35.5. The van der Waals surface area contributed by atoms with Gasteiger partial charge in [0.15, 0.2) is 11.5 Å². The second-order valence-corrected chi connectivity index (χ2v) is 7.33. The van der Waals surface area contributed by atoms with Crippen molar-refractivity contribution in [1.82, 2.24) is 4.98 Å². The monoisotopic (exact) mass is 472 g/mol. The van der Waals surface area contributed by atoms with E-state index in [9.17, 15) is 4.79 Å². The number of carbonyl (C=O) groups excluding carboxylic acids is 1. The van der Waals surface area contributed by atoms with Gasteiger partial charge in [-0.25, -0.2) is 4.98 Å². The van der Waals surface area contributed by atoms with E-state index in [4.69, 9.17) is 32.7 Å². The maximum atomic E-state index is 12.5. The zero-order valence-electron chi connectivity index (χ0n) is 17.7. The zero-order chi connectivity index (χ0) is 23.1. The summed E-state index contributed by atoms with van der Waals surface area (Å²) in [4.78, 5) is 16.9. The summed E-state index contributed by atoms with van der Waals surface area (Å²) in [6, 6.07) is 12.3. The molecule has 0 saturated heterocycles. The van der Waals surface area contributed by atoms with Crippen LogP contribution in [-0.4, -0.2) is 32.2 Å². The smallest absolute Gasteiger partial charge is 0.248 e. The van der Waals surface area contributed by atoms with Crippen molar-refractivity contribution >= 4 is 58.1 Å². The van der Waals surface area contributed by atoms with Crippen molar-refractivity contribution in [3.63, 3.8) is 0 Å². The lowest BCUT2D eigenvalue weighted by Crippen LogP contribution is -2.10. The normalized spacial score (nSPS) is 10.7. The van der Waals surface area contributed by atoms with Crippen LogP contribution in [0.5, 0.6) is 11.5 Å². The fourth-order valence-corrected chi connectivity index (χ4v) is 3.23. The van der Waals surface area contributed by atoms with Crippen LogP contribution in [0, 0.1) is 0 Å². The Morgan fingerprint density at radius 3 is 2.41 bits per heavy atom. The molecule has 0 bridgehead atoms. The van der Waals surface area contributed by atoms with Crippen molar-refractivity contribution in [1.29, 1.82) is 0 Å². The van der Waals surface area contributed by atoms with Gasteiger partial charge in [0.2, 0.25) is 5.91 Å². The summed E-state index contributed by atoms with van der Waals surface area (Å²) >= 11 is 12.1. The maximum Gasteiger partial charge on any atom is 0.248 e. The molecule has 0 spiro atoms. The Morgan fingerprint density at radius 2 is 1.72 bits per heavy atom. The van der Waals surface area contributed by atoms with E-state index in [0.29, 0.717) is 38.7 Å². The van der Waals surface area contributed by atoms with Gasteiger partial charge in [-0.15, -0.1) is 0 Å². The lowest BCUT2D eigenvalue weighted by molar-refractivity contribution is -0.111. The third-order valence-electron chi connectivity index (χ3n) is 4.49. The number of pyridine rings is 1. The molecule has 166 valence electrons. The summed E-state index contributed by atoms with van der Waals surface area (Å²) in [5, 5.41) is 9.74. The fraction of sp³-hybridized carbons (Fsp3) is 0.130. The Balaban J connectivity index is 1.78. The van der Waals surface area contributed by atoms with Crippen LogP contribution < -0.4 is 25.4 Å². The predicted octanol–water partition coefficient (Wildman–Crippen LogP) is 5.84. The molecule has 0 fully saturated rings. The molecule has 1 heterocycles. The van der Waals surface area contributed by atoms with Gasteiger partial charge in [-0.1, -0.05) is 23.2 Å². The van der Waals surface area contributed by atoms with Gasteiger partial charge < -0.3 is 25.4 Å². The van der Waals surface area contributed by atoms with Crippen LogP contribution in [0.15, 0.2) is 54.7 Å². The Kier molecular flexibility index (Phi) is 7.81. The zero-order valence-corrected chi connectivity index (χ0v) is 19.2. The van der Waals surface area contributed by atoms with Crippen LogP contribution >= 0.6 is 23.2 Å². The van der Waals surface area contributed by atoms with E-state index in [2.05, 4.69) is 20.9 Å². The number of aromatic nitrogens is 1. The van der Waals surface area contributed by atoms with Crippen molar-refractivity contribution < 1.29 is 14.3 Å². The van der Waals surface area contributed by atoms with Crippen molar-refractivity contribution in [2.45, 2.75) is 0 Å². The maximum absolute atomic E-state index is 12.5. The molecule has 0 saturated carbocycles. The van der Waals surface area contributed by atoms with Crippen LogP contribution in [0.4, 0.5) is 22.9 Å². The lowest BCUT2D eigenvalue weighted by Gasteiger charge is -2.12. The highest BCUT2D eigenvalue weighted by Crippen LogP contribution is 2.33. The van der Waals surface area contributed by atoms with Crippen LogP contribution in [0.2, 0.25) is 10.0 Å². The van der Waals surface area contributed by atoms with E-state index in [-0.39, 0.29) is 5.91 Å². The highest BCUT2D eigenvalue weighted by Gasteiger charge is 2.10. The van der Waals surface area contributed by atoms with E-state index >= 15 is 0 Å². The SMILES string of the molecule is CNc1cc(Cl)c(Cl)cc1NC(=O)/C=C/c1cccnc1Nc1ccc(OC)c(OC)c1. The van der Waals surface area contributed by atoms with E-state index < -0.39 is 0 Å². The van der Waals surface area contributed by atoms with Crippen LogP contribution in [-0.2, 0) is 4.79 Å². The number of nitrogens with zero attached hydrogens (tertiary/aromatic N) is 1. The third-order valence-corrected chi connectivity index (χ3v) is 5.21. The fourth-order valence-electron chi connectivity index (χ4n) is 2.90. The Labute approximate surface area is 196 Å². The number of rotatable bonds is 8. The van der Waals surface area contributed by atoms with Crippen molar-refractivity contribution in [2.24, 2.45) is 0 Å². The van der Waals surface area contributed by atoms with Gasteiger partial charge in [0, 0.05) is 36.6 Å². The molecule has 9 heteroatoms. The molecule has 2 aromatic carbocycles. The van der Waals surface area contributed by atoms with E-state index in [0.717, 1.165) is 11.3 Å². The first-order chi connectivity index (χ1) is 15.4. The topological polar surface area (TPSA) is 84.5 Å². The van der Waals surface area contributed by atoms with Crippen molar-refractivity contribution in [2.75, 3.05) is 37.2 Å². The van der Waals surface area contributed by atoms with Gasteiger partial charge >= 0.3 is 0 Å². The number of hydrogen-bond acceptors (Lipinski definition) is 6. The van der Waals surface area contributed by atoms with Crippen LogP contribution in [0.1, 0.15) is 5.56 Å². The quantitative estimate of drug-likeness (QED) is 0.357. The number of hydrogen-bond donors (Lipinski definition) is 3. The number of amides is 1. The number of anilines is 4. The molecular formula is C23H22Cl2N4O3. The lowest BCUT2D eigenvalue weighted by atomic mass is 10.2. The average Bonchev–Trinajstić information content (AvgIpc) is 2.80. The summed E-state index contributed by atoms with van der Waals surface area (Å²) in [5.41, 5.74) is 2.65. The summed E-state index contributed by atoms with van der Waals surface area (Å²) in [5.74, 6) is 1.46. The number of nitrogens with one attached hydrogen (secondary N) is 3. The second kappa shape index (κ2) is 10.7. The molecule has 0 unspecified atom stereocenters. The molecule has 0 radical (unpaired) electrons. The molecule has 3 aromatic rings. The largest absolute Gasteiger partial charge is 0.493 e. The van der Waals surface area contributed by atoms with Gasteiger partial charge in [-0.3, -0.25) is 4.79 Å². The molecule has 0 aliphatic heterocycles. The molecule has 3 N–H and O–H groups in total. The van der Waals surface area contributed by atoms with Gasteiger partial charge in [0.25, 0.3) is 0 Å². The predicted molar refractivity (Wildman–Crippen MR) is 131 cm³/mol. The molecular weight excluding hydrogens is 451 g/mol. The number of methoxy groups -OCH3 is 2. The minimum atomic E-state index is -0.333. The summed E-state index contributed by atoms with van der Waals surface area (Å²) in [7, 11) is 4.88. The number of carbonyl (C=O) groups is 1. The van der Waals surface area contributed by atoms with Crippen LogP contribution in [0.25, 0.3) is 6.08 Å². The first-order valence-corrected chi connectivity index (χ1v) is 10.3. The molecule has 32 heavy (non-hydrogen) atoms. The number of ether oxygens (including phenoxy) is 2. The van der Waals surface area contributed by atoms with Crippen molar-refractivity contribution in [3.05, 3.63) is 70.3 Å². The average molecular weight is 473 g/mol. The summed E-state index contributed by atoms with van der Waals surface area (Å²) in [6.07, 6.45) is 4.75. The van der Waals surface area contributed by atoms with Gasteiger partial charge in [0.1, 0.15) is 5.82 Å². The number of benzene rings is 2. The first kappa shape index (κ1) is 23.2. The van der Waals surface area contributed by atoms with E-state index in [1.807, 2.05) is 12.1 Å². The number of halogens is 2. The highest BCUT2D eigenvalue weighted by molar-refractivity contribution is 6.42. The van der Waals surface area contributed by atoms with Crippen molar-refractivity contribution in [3.8, 4) is 11.5 Å². The standard InChI is InChI=1S/C23H22Cl2N4O3/c1-26-18-12-16(24)17(25)13-19(18)29-22(30)9-6-14-5-4-10-27-23(14)28-15-7-8-20(31-2)21(11-15)32-3/h4-13,26H,1-3H3,(H,27,28)(H,29,30)/b9-6+. The molecule has 7 nitrogen and oxygen atoms in total. The summed E-state index contributed by atoms with van der Waals surface area (Å²) in [6.45, 7) is 0. The third kappa shape index (κ3) is 5.63. The summed E-state index contributed by atoms with van der Waals surface area (Å²) < 4.78 is 10.6. The van der Waals surface area contributed by atoms with Crippen LogP contribution in [0.3, 0.4) is 0 Å². The van der Waals surface area contributed by atoms with E-state index in [1.165, 1.54) is 6.08 Å². The second-order valence-electron chi connectivity index (χ2n) is 6.52. The van der Waals surface area contributed by atoms with E-state index in [1.54, 1.807) is 63.9 Å². The Hall–Kier alpha value is -3.42. The molecule has 1 amide bonds. The Bertz CT molecular complexity index is 1150. The first-order valence-electron chi connectivity index (χ1n) is 9.55. The molecule has 1 aromatic heterocycles. The molecule has 0 aliphatic carbocycles. The minimum Gasteiger partial charge on any atom is -0.493 e. The molecule has 0 atom stereocenters.